The number of nitrogen functional groups attached to an aromatic ring is 1. The topological polar surface area (TPSA) is 47.3 Å². The van der Waals surface area contributed by atoms with E-state index < -0.39 is 5.82 Å². The number of ether oxygens (including phenoxy) is 1. The van der Waals surface area contributed by atoms with Gasteiger partial charge in [-0.2, -0.15) is 0 Å². The summed E-state index contributed by atoms with van der Waals surface area (Å²) in [5.74, 6) is -0.224. The Morgan fingerprint density at radius 3 is 2.69 bits per heavy atom. The summed E-state index contributed by atoms with van der Waals surface area (Å²) in [5, 5.41) is 3.28. The minimum absolute atomic E-state index is 0.211. The number of rotatable bonds is 3. The van der Waals surface area contributed by atoms with Crippen LogP contribution >= 0.6 is 0 Å². The summed E-state index contributed by atoms with van der Waals surface area (Å²) in [5.41, 5.74) is 6.88. The summed E-state index contributed by atoms with van der Waals surface area (Å²) < 4.78 is 18.2. The molecule has 0 bridgehead atoms. The van der Waals surface area contributed by atoms with E-state index in [2.05, 4.69) is 17.5 Å². The van der Waals surface area contributed by atoms with Gasteiger partial charge in [0, 0.05) is 18.2 Å². The molecule has 2 rings (SSSR count). The van der Waals surface area contributed by atoms with E-state index in [1.807, 2.05) is 0 Å². The van der Waals surface area contributed by atoms with E-state index in [4.69, 9.17) is 10.5 Å². The molecule has 3 N–H and O–H groups in total. The van der Waals surface area contributed by atoms with Gasteiger partial charge in [0.15, 0.2) is 11.6 Å². The third kappa shape index (κ3) is 2.10. The summed E-state index contributed by atoms with van der Waals surface area (Å²) in [6.45, 7) is 0. The normalized spacial score (nSPS) is 15.4. The molecular weight excluding hydrogens is 207 g/mol. The zero-order chi connectivity index (χ0) is 11.5. The molecule has 1 aromatic carbocycles. The Kier molecular flexibility index (Phi) is 2.99. The van der Waals surface area contributed by atoms with Gasteiger partial charge in [-0.15, -0.1) is 0 Å². The van der Waals surface area contributed by atoms with Crippen molar-refractivity contribution in [1.82, 2.24) is 0 Å². The van der Waals surface area contributed by atoms with Crippen molar-refractivity contribution in [3.8, 4) is 5.75 Å². The highest BCUT2D eigenvalue weighted by Crippen LogP contribution is 2.29. The Morgan fingerprint density at radius 2 is 2.06 bits per heavy atom. The monoisotopic (exact) mass is 222 g/mol. The molecule has 86 valence electrons. The molecule has 1 aliphatic carbocycles. The summed E-state index contributed by atoms with van der Waals surface area (Å²) in [6, 6.07) is 3.23. The summed E-state index contributed by atoms with van der Waals surface area (Å²) in [7, 11) is 1.44. The minimum atomic E-state index is -0.435. The van der Waals surface area contributed by atoms with E-state index in [1.165, 1.54) is 13.2 Å². The van der Waals surface area contributed by atoms with E-state index in [0.717, 1.165) is 18.5 Å². The first kappa shape index (κ1) is 10.8. The maximum Gasteiger partial charge on any atom is 0.167 e. The van der Waals surface area contributed by atoms with Gasteiger partial charge < -0.3 is 15.8 Å². The molecule has 0 spiro atoms. The van der Waals surface area contributed by atoms with E-state index in [0.29, 0.717) is 11.7 Å². The van der Waals surface area contributed by atoms with Crippen molar-refractivity contribution >= 4 is 11.4 Å². The molecular formula is C12H15FN2O. The number of anilines is 2. The molecule has 0 fully saturated rings. The molecule has 0 aliphatic heterocycles. The first-order valence-electron chi connectivity index (χ1n) is 5.25. The summed E-state index contributed by atoms with van der Waals surface area (Å²) in [4.78, 5) is 0. The van der Waals surface area contributed by atoms with Crippen LogP contribution in [0.2, 0.25) is 0 Å². The Labute approximate surface area is 94.1 Å². The summed E-state index contributed by atoms with van der Waals surface area (Å²) in [6.07, 6.45) is 6.18. The van der Waals surface area contributed by atoms with Crippen molar-refractivity contribution in [3.05, 3.63) is 30.1 Å². The second kappa shape index (κ2) is 4.43. The third-order valence-corrected chi connectivity index (χ3v) is 2.69. The molecule has 0 amide bonds. The van der Waals surface area contributed by atoms with Crippen molar-refractivity contribution in [2.24, 2.45) is 0 Å². The molecule has 0 aromatic heterocycles. The van der Waals surface area contributed by atoms with Crippen LogP contribution in [0.25, 0.3) is 0 Å². The molecule has 0 radical (unpaired) electrons. The van der Waals surface area contributed by atoms with Gasteiger partial charge in [0.1, 0.15) is 0 Å². The van der Waals surface area contributed by atoms with Crippen molar-refractivity contribution in [3.63, 3.8) is 0 Å². The first-order chi connectivity index (χ1) is 7.70. The molecule has 3 nitrogen and oxygen atoms in total. The molecule has 4 heteroatoms. The highest BCUT2D eigenvalue weighted by molar-refractivity contribution is 5.69. The minimum Gasteiger partial charge on any atom is -0.494 e. The Morgan fingerprint density at radius 1 is 1.38 bits per heavy atom. The van der Waals surface area contributed by atoms with Crippen LogP contribution in [0.1, 0.15) is 12.8 Å². The lowest BCUT2D eigenvalue weighted by molar-refractivity contribution is 0.387. The second-order valence-corrected chi connectivity index (χ2v) is 3.86. The number of halogens is 1. The lowest BCUT2D eigenvalue weighted by Crippen LogP contribution is -2.16. The number of nitrogens with two attached hydrogens (primary N) is 1. The molecule has 0 saturated heterocycles. The smallest absolute Gasteiger partial charge is 0.167 e. The Hall–Kier alpha value is -1.71. The van der Waals surface area contributed by atoms with Gasteiger partial charge in [0.05, 0.1) is 18.5 Å². The van der Waals surface area contributed by atoms with Crippen LogP contribution in [-0.4, -0.2) is 13.2 Å². The largest absolute Gasteiger partial charge is 0.494 e. The van der Waals surface area contributed by atoms with Crippen molar-refractivity contribution in [2.45, 2.75) is 18.9 Å². The highest BCUT2D eigenvalue weighted by atomic mass is 19.1. The number of nitrogens with one attached hydrogen (secondary N) is 1. The fraction of sp³-hybridized carbons (Fsp3) is 0.333. The second-order valence-electron chi connectivity index (χ2n) is 3.86. The van der Waals surface area contributed by atoms with Crippen molar-refractivity contribution in [2.75, 3.05) is 18.2 Å². The van der Waals surface area contributed by atoms with Crippen LogP contribution in [0.5, 0.6) is 5.75 Å². The molecule has 1 aliphatic rings. The number of hydrogen-bond donors (Lipinski definition) is 2. The SMILES string of the molecule is COc1cc(NC2CC=CC2)c(N)cc1F. The number of hydrogen-bond acceptors (Lipinski definition) is 3. The van der Waals surface area contributed by atoms with Gasteiger partial charge in [0.25, 0.3) is 0 Å². The zero-order valence-electron chi connectivity index (χ0n) is 9.16. The lowest BCUT2D eigenvalue weighted by atomic mass is 10.2. The van der Waals surface area contributed by atoms with Crippen LogP contribution < -0.4 is 15.8 Å². The quantitative estimate of drug-likeness (QED) is 0.610. The van der Waals surface area contributed by atoms with Crippen LogP contribution in [0, 0.1) is 5.82 Å². The summed E-state index contributed by atoms with van der Waals surface area (Å²) >= 11 is 0. The average Bonchev–Trinajstić information content (AvgIpc) is 2.75. The Bertz CT molecular complexity index is 410. The first-order valence-corrected chi connectivity index (χ1v) is 5.25. The van der Waals surface area contributed by atoms with Crippen LogP contribution in [0.3, 0.4) is 0 Å². The predicted octanol–water partition coefficient (Wildman–Crippen LogP) is 2.55. The molecule has 0 unspecified atom stereocenters. The van der Waals surface area contributed by atoms with Gasteiger partial charge in [-0.3, -0.25) is 0 Å². The zero-order valence-corrected chi connectivity index (χ0v) is 9.16. The Balaban J connectivity index is 2.19. The van der Waals surface area contributed by atoms with E-state index in [-0.39, 0.29) is 5.75 Å². The fourth-order valence-corrected chi connectivity index (χ4v) is 1.81. The van der Waals surface area contributed by atoms with Gasteiger partial charge in [-0.05, 0) is 12.8 Å². The molecule has 1 aromatic rings. The van der Waals surface area contributed by atoms with E-state index >= 15 is 0 Å². The van der Waals surface area contributed by atoms with Gasteiger partial charge >= 0.3 is 0 Å². The number of methoxy groups -OCH3 is 1. The molecule has 0 saturated carbocycles. The van der Waals surface area contributed by atoms with Crippen LogP contribution in [0.4, 0.5) is 15.8 Å². The van der Waals surface area contributed by atoms with Crippen molar-refractivity contribution < 1.29 is 9.13 Å². The maximum absolute atomic E-state index is 13.3. The van der Waals surface area contributed by atoms with Crippen LogP contribution in [-0.2, 0) is 0 Å². The predicted molar refractivity (Wildman–Crippen MR) is 63.1 cm³/mol. The number of benzene rings is 1. The lowest BCUT2D eigenvalue weighted by Gasteiger charge is -2.16. The fourth-order valence-electron chi connectivity index (χ4n) is 1.81. The highest BCUT2D eigenvalue weighted by Gasteiger charge is 2.13. The maximum atomic E-state index is 13.3. The van der Waals surface area contributed by atoms with E-state index in [1.54, 1.807) is 6.07 Å². The molecule has 0 heterocycles. The third-order valence-electron chi connectivity index (χ3n) is 2.69. The van der Waals surface area contributed by atoms with Crippen molar-refractivity contribution in [1.29, 1.82) is 0 Å². The van der Waals surface area contributed by atoms with Crippen LogP contribution in [0.15, 0.2) is 24.3 Å². The van der Waals surface area contributed by atoms with E-state index in [9.17, 15) is 4.39 Å². The molecule has 0 atom stereocenters. The molecule has 16 heavy (non-hydrogen) atoms. The van der Waals surface area contributed by atoms with Gasteiger partial charge in [0.2, 0.25) is 0 Å². The average molecular weight is 222 g/mol. The van der Waals surface area contributed by atoms with Gasteiger partial charge in [-0.1, -0.05) is 12.2 Å². The van der Waals surface area contributed by atoms with Gasteiger partial charge in [-0.25, -0.2) is 4.39 Å². The standard InChI is InChI=1S/C12H15FN2O/c1-16-12-7-11(10(14)6-9(12)13)15-8-4-2-3-5-8/h2-3,6-8,15H,4-5,14H2,1H3.